The third-order valence-electron chi connectivity index (χ3n) is 1.69. The van der Waals surface area contributed by atoms with E-state index in [0.29, 0.717) is 0 Å². The van der Waals surface area contributed by atoms with Crippen LogP contribution in [0.5, 0.6) is 0 Å². The van der Waals surface area contributed by atoms with Crippen molar-refractivity contribution in [2.75, 3.05) is 5.73 Å². The highest BCUT2D eigenvalue weighted by Crippen LogP contribution is 2.14. The first-order valence-corrected chi connectivity index (χ1v) is 4.22. The average molecular weight is 195 g/mol. The first-order valence-electron chi connectivity index (χ1n) is 4.22. The summed E-state index contributed by atoms with van der Waals surface area (Å²) in [7, 11) is 0. The number of aromatic nitrogens is 2. The Balaban J connectivity index is 3.22. The summed E-state index contributed by atoms with van der Waals surface area (Å²) in [5.74, 6) is -0.178. The molecule has 14 heavy (non-hydrogen) atoms. The maximum Gasteiger partial charge on any atom is 0.356 e. The van der Waals surface area contributed by atoms with Crippen LogP contribution < -0.4 is 11.4 Å². The molecule has 1 aromatic rings. The van der Waals surface area contributed by atoms with E-state index in [-0.39, 0.29) is 11.7 Å². The average Bonchev–Trinajstić information content (AvgIpc) is 2.01. The fourth-order valence-corrected chi connectivity index (χ4v) is 0.932. The maximum absolute atomic E-state index is 11.7. The van der Waals surface area contributed by atoms with Crippen LogP contribution in [0, 0.1) is 5.41 Å². The highest BCUT2D eigenvalue weighted by atomic mass is 16.2. The van der Waals surface area contributed by atoms with Gasteiger partial charge < -0.3 is 5.73 Å². The molecule has 0 radical (unpaired) electrons. The van der Waals surface area contributed by atoms with Gasteiger partial charge in [-0.05, 0) is 6.07 Å². The van der Waals surface area contributed by atoms with Crippen LogP contribution >= 0.6 is 0 Å². The Kier molecular flexibility index (Phi) is 2.42. The van der Waals surface area contributed by atoms with Crippen molar-refractivity contribution >= 4 is 11.7 Å². The third kappa shape index (κ3) is 1.99. The molecule has 0 saturated heterocycles. The van der Waals surface area contributed by atoms with Crippen molar-refractivity contribution in [3.05, 3.63) is 22.7 Å². The van der Waals surface area contributed by atoms with E-state index in [1.807, 2.05) is 0 Å². The summed E-state index contributed by atoms with van der Waals surface area (Å²) in [6, 6.07) is 1.42. The lowest BCUT2D eigenvalue weighted by atomic mass is 9.95. The minimum absolute atomic E-state index is 0.118. The standard InChI is InChI=1S/C9H13N3O2/c1-9(2,3)7(13)12-5-4-6(10)11-8(12)14/h4-5H,1-3H3,(H2,10,11,14). The van der Waals surface area contributed by atoms with E-state index in [4.69, 9.17) is 5.73 Å². The molecule has 2 N–H and O–H groups in total. The third-order valence-corrected chi connectivity index (χ3v) is 1.69. The lowest BCUT2D eigenvalue weighted by Gasteiger charge is -2.16. The quantitative estimate of drug-likeness (QED) is 0.654. The molecule has 0 aliphatic rings. The molecule has 1 rings (SSSR count). The molecule has 0 aliphatic carbocycles. The Morgan fingerprint density at radius 1 is 1.50 bits per heavy atom. The molecule has 0 unspecified atom stereocenters. The second-order valence-corrected chi connectivity index (χ2v) is 4.06. The Morgan fingerprint density at radius 3 is 2.50 bits per heavy atom. The van der Waals surface area contributed by atoms with Crippen LogP contribution in [0.2, 0.25) is 0 Å². The SMILES string of the molecule is CC(C)(C)C(=O)n1ccc(N)nc1=O. The molecule has 76 valence electrons. The minimum Gasteiger partial charge on any atom is -0.383 e. The van der Waals surface area contributed by atoms with E-state index >= 15 is 0 Å². The summed E-state index contributed by atoms with van der Waals surface area (Å²) < 4.78 is 0.969. The molecule has 0 bridgehead atoms. The number of nitrogens with two attached hydrogens (primary N) is 1. The lowest BCUT2D eigenvalue weighted by molar-refractivity contribution is 0.0760. The van der Waals surface area contributed by atoms with Gasteiger partial charge in [-0.25, -0.2) is 9.36 Å². The highest BCUT2D eigenvalue weighted by molar-refractivity contribution is 5.83. The molecule has 5 heteroatoms. The summed E-state index contributed by atoms with van der Waals surface area (Å²) in [4.78, 5) is 26.4. The van der Waals surface area contributed by atoms with Crippen molar-refractivity contribution in [1.82, 2.24) is 9.55 Å². The van der Waals surface area contributed by atoms with Gasteiger partial charge in [-0.1, -0.05) is 20.8 Å². The summed E-state index contributed by atoms with van der Waals surface area (Å²) in [5, 5.41) is 0. The zero-order chi connectivity index (χ0) is 10.9. The molecule has 0 aliphatic heterocycles. The largest absolute Gasteiger partial charge is 0.383 e. The number of rotatable bonds is 0. The van der Waals surface area contributed by atoms with Gasteiger partial charge in [0.05, 0.1) is 0 Å². The lowest BCUT2D eigenvalue weighted by Crippen LogP contribution is -2.36. The van der Waals surface area contributed by atoms with Crippen LogP contribution in [-0.4, -0.2) is 15.5 Å². The Labute approximate surface area is 81.6 Å². The number of anilines is 1. The first-order chi connectivity index (χ1) is 6.32. The Bertz CT molecular complexity index is 415. The Hall–Kier alpha value is -1.65. The molecule has 0 spiro atoms. The molecule has 1 aromatic heterocycles. The van der Waals surface area contributed by atoms with Crippen LogP contribution in [-0.2, 0) is 0 Å². The van der Waals surface area contributed by atoms with Gasteiger partial charge in [-0.3, -0.25) is 4.79 Å². The number of hydrogen-bond acceptors (Lipinski definition) is 4. The second-order valence-electron chi connectivity index (χ2n) is 4.06. The summed E-state index contributed by atoms with van der Waals surface area (Å²) in [6.45, 7) is 5.20. The second kappa shape index (κ2) is 3.25. The molecular weight excluding hydrogens is 182 g/mol. The van der Waals surface area contributed by atoms with Crippen LogP contribution in [0.3, 0.4) is 0 Å². The fourth-order valence-electron chi connectivity index (χ4n) is 0.932. The minimum atomic E-state index is -0.634. The smallest absolute Gasteiger partial charge is 0.356 e. The van der Waals surface area contributed by atoms with Crippen molar-refractivity contribution in [3.63, 3.8) is 0 Å². The molecular formula is C9H13N3O2. The number of nitrogens with zero attached hydrogens (tertiary/aromatic N) is 2. The van der Waals surface area contributed by atoms with Crippen molar-refractivity contribution in [2.45, 2.75) is 20.8 Å². The van der Waals surface area contributed by atoms with Crippen molar-refractivity contribution in [1.29, 1.82) is 0 Å². The van der Waals surface area contributed by atoms with Crippen LogP contribution in [0.25, 0.3) is 0 Å². The van der Waals surface area contributed by atoms with E-state index in [2.05, 4.69) is 4.98 Å². The number of nitrogen functional groups attached to an aromatic ring is 1. The zero-order valence-electron chi connectivity index (χ0n) is 8.44. The highest BCUT2D eigenvalue weighted by Gasteiger charge is 2.24. The van der Waals surface area contributed by atoms with Gasteiger partial charge in [-0.2, -0.15) is 4.98 Å². The predicted octanol–water partition coefficient (Wildman–Crippen LogP) is 0.512. The molecule has 0 saturated carbocycles. The van der Waals surface area contributed by atoms with Crippen molar-refractivity contribution in [2.24, 2.45) is 5.41 Å². The van der Waals surface area contributed by atoms with Gasteiger partial charge >= 0.3 is 5.69 Å². The molecule has 1 heterocycles. The molecule has 0 atom stereocenters. The van der Waals surface area contributed by atoms with E-state index in [1.165, 1.54) is 12.3 Å². The van der Waals surface area contributed by atoms with E-state index in [1.54, 1.807) is 20.8 Å². The Morgan fingerprint density at radius 2 is 2.07 bits per heavy atom. The summed E-state index contributed by atoms with van der Waals surface area (Å²) in [5.41, 5.74) is 4.06. The predicted molar refractivity (Wildman–Crippen MR) is 53.0 cm³/mol. The van der Waals surface area contributed by atoms with Crippen molar-refractivity contribution in [3.8, 4) is 0 Å². The molecule has 5 nitrogen and oxygen atoms in total. The van der Waals surface area contributed by atoms with Gasteiger partial charge in [0, 0.05) is 11.6 Å². The van der Waals surface area contributed by atoms with Gasteiger partial charge in [0.1, 0.15) is 5.82 Å². The maximum atomic E-state index is 11.7. The van der Waals surface area contributed by atoms with Crippen LogP contribution in [0.1, 0.15) is 25.6 Å². The van der Waals surface area contributed by atoms with Gasteiger partial charge in [-0.15, -0.1) is 0 Å². The van der Waals surface area contributed by atoms with E-state index in [9.17, 15) is 9.59 Å². The number of carbonyl (C=O) groups excluding carboxylic acids is 1. The monoisotopic (exact) mass is 195 g/mol. The van der Waals surface area contributed by atoms with Gasteiger partial charge in [0.2, 0.25) is 5.91 Å². The normalized spacial score (nSPS) is 11.4. The van der Waals surface area contributed by atoms with Crippen LogP contribution in [0.15, 0.2) is 17.1 Å². The summed E-state index contributed by atoms with van der Waals surface area (Å²) >= 11 is 0. The first kappa shape index (κ1) is 10.4. The van der Waals surface area contributed by atoms with Gasteiger partial charge in [0.15, 0.2) is 0 Å². The number of carbonyl (C=O) groups is 1. The van der Waals surface area contributed by atoms with E-state index < -0.39 is 11.1 Å². The van der Waals surface area contributed by atoms with Crippen LogP contribution in [0.4, 0.5) is 5.82 Å². The molecule has 0 amide bonds. The fraction of sp³-hybridized carbons (Fsp3) is 0.444. The summed E-state index contributed by atoms with van der Waals surface area (Å²) in [6.07, 6.45) is 1.35. The molecule has 0 aromatic carbocycles. The zero-order valence-corrected chi connectivity index (χ0v) is 8.44. The number of hydrogen-bond donors (Lipinski definition) is 1. The van der Waals surface area contributed by atoms with Crippen molar-refractivity contribution < 1.29 is 4.79 Å². The molecule has 0 fully saturated rings. The van der Waals surface area contributed by atoms with E-state index in [0.717, 1.165) is 4.57 Å². The van der Waals surface area contributed by atoms with Gasteiger partial charge in [0.25, 0.3) is 0 Å². The topological polar surface area (TPSA) is 78.0 Å².